The van der Waals surface area contributed by atoms with Crippen molar-refractivity contribution in [2.45, 2.75) is 31.4 Å². The lowest BCUT2D eigenvalue weighted by molar-refractivity contribution is -0.188. The zero-order chi connectivity index (χ0) is 17.5. The maximum absolute atomic E-state index is 13.4. The van der Waals surface area contributed by atoms with Crippen LogP contribution in [0.25, 0.3) is 0 Å². The normalized spacial score (nSPS) is 23.8. The standard InChI is InChI=1S/C16H16F4N2O2/c17-10-3-4-13-11(6-10)12(15(24)21-13)7-14(23)22-5-1-2-9(8-22)16(18,19)20/h3-4,6,9,12H,1-2,5,7-8H2,(H,21,24). The molecule has 0 radical (unpaired) electrons. The number of hydrogen-bond donors (Lipinski definition) is 1. The number of piperidine rings is 1. The number of carbonyl (C=O) groups is 2. The molecule has 4 nitrogen and oxygen atoms in total. The van der Waals surface area contributed by atoms with Gasteiger partial charge < -0.3 is 10.2 Å². The van der Waals surface area contributed by atoms with E-state index >= 15 is 0 Å². The fourth-order valence-electron chi connectivity index (χ4n) is 3.27. The molecule has 1 saturated heterocycles. The molecule has 2 aliphatic heterocycles. The van der Waals surface area contributed by atoms with Crippen LogP contribution in [0.2, 0.25) is 0 Å². The first-order chi connectivity index (χ1) is 11.3. The molecular weight excluding hydrogens is 328 g/mol. The molecule has 0 bridgehead atoms. The smallest absolute Gasteiger partial charge is 0.342 e. The third-order valence-corrected chi connectivity index (χ3v) is 4.58. The van der Waals surface area contributed by atoms with Crippen molar-refractivity contribution in [1.29, 1.82) is 0 Å². The van der Waals surface area contributed by atoms with E-state index in [1.165, 1.54) is 18.2 Å². The molecule has 1 fully saturated rings. The predicted octanol–water partition coefficient (Wildman–Crippen LogP) is 3.05. The SMILES string of the molecule is O=C1Nc2ccc(F)cc2C1CC(=O)N1CCCC(C(F)(F)F)C1. The van der Waals surface area contributed by atoms with Gasteiger partial charge >= 0.3 is 6.18 Å². The molecule has 0 aromatic heterocycles. The highest BCUT2D eigenvalue weighted by Crippen LogP contribution is 2.37. The van der Waals surface area contributed by atoms with Crippen molar-refractivity contribution in [3.05, 3.63) is 29.6 Å². The summed E-state index contributed by atoms with van der Waals surface area (Å²) in [5.74, 6) is -3.88. The minimum absolute atomic E-state index is 0.00520. The number of carbonyl (C=O) groups excluding carboxylic acids is 2. The van der Waals surface area contributed by atoms with Gasteiger partial charge in [0.25, 0.3) is 0 Å². The Balaban J connectivity index is 1.71. The molecule has 2 atom stereocenters. The summed E-state index contributed by atoms with van der Waals surface area (Å²) in [6.45, 7) is -0.136. The molecule has 2 heterocycles. The molecule has 2 aliphatic rings. The van der Waals surface area contributed by atoms with Crippen LogP contribution >= 0.6 is 0 Å². The van der Waals surface area contributed by atoms with Gasteiger partial charge in [0.05, 0.1) is 11.8 Å². The van der Waals surface area contributed by atoms with Crippen LogP contribution in [0, 0.1) is 11.7 Å². The van der Waals surface area contributed by atoms with Crippen molar-refractivity contribution in [3.8, 4) is 0 Å². The van der Waals surface area contributed by atoms with Crippen LogP contribution < -0.4 is 5.32 Å². The second kappa shape index (κ2) is 6.07. The zero-order valence-corrected chi connectivity index (χ0v) is 12.7. The number of fused-ring (bicyclic) bond motifs is 1. The number of hydrogen-bond acceptors (Lipinski definition) is 2. The fraction of sp³-hybridized carbons (Fsp3) is 0.500. The number of likely N-dealkylation sites (tertiary alicyclic amines) is 1. The lowest BCUT2D eigenvalue weighted by Gasteiger charge is -2.34. The lowest BCUT2D eigenvalue weighted by atomic mass is 9.94. The highest BCUT2D eigenvalue weighted by Gasteiger charge is 2.43. The highest BCUT2D eigenvalue weighted by molar-refractivity contribution is 6.04. The van der Waals surface area contributed by atoms with Crippen molar-refractivity contribution in [2.75, 3.05) is 18.4 Å². The summed E-state index contributed by atoms with van der Waals surface area (Å²) in [5, 5.41) is 2.56. The average molecular weight is 344 g/mol. The quantitative estimate of drug-likeness (QED) is 0.839. The largest absolute Gasteiger partial charge is 0.393 e. The maximum Gasteiger partial charge on any atom is 0.393 e. The van der Waals surface area contributed by atoms with Crippen molar-refractivity contribution in [3.63, 3.8) is 0 Å². The van der Waals surface area contributed by atoms with E-state index in [0.717, 1.165) is 4.90 Å². The van der Waals surface area contributed by atoms with E-state index in [4.69, 9.17) is 0 Å². The van der Waals surface area contributed by atoms with Crippen LogP contribution in [-0.4, -0.2) is 36.0 Å². The van der Waals surface area contributed by atoms with Gasteiger partial charge in [-0.05, 0) is 36.6 Å². The second-order valence-corrected chi connectivity index (χ2v) is 6.20. The minimum Gasteiger partial charge on any atom is -0.342 e. The summed E-state index contributed by atoms with van der Waals surface area (Å²) in [7, 11) is 0. The Morgan fingerprint density at radius 3 is 2.79 bits per heavy atom. The molecule has 3 rings (SSSR count). The topological polar surface area (TPSA) is 49.4 Å². The van der Waals surface area contributed by atoms with Gasteiger partial charge in [0, 0.05) is 25.2 Å². The molecule has 0 aliphatic carbocycles. The summed E-state index contributed by atoms with van der Waals surface area (Å²) in [5.41, 5.74) is 0.809. The van der Waals surface area contributed by atoms with Crippen LogP contribution in [-0.2, 0) is 9.59 Å². The third-order valence-electron chi connectivity index (χ3n) is 4.58. The van der Waals surface area contributed by atoms with Gasteiger partial charge in [-0.2, -0.15) is 13.2 Å². The van der Waals surface area contributed by atoms with Gasteiger partial charge in [-0.1, -0.05) is 0 Å². The molecule has 2 unspecified atom stereocenters. The van der Waals surface area contributed by atoms with E-state index in [1.807, 2.05) is 0 Å². The average Bonchev–Trinajstić information content (AvgIpc) is 2.82. The summed E-state index contributed by atoms with van der Waals surface area (Å²) in [4.78, 5) is 25.5. The molecule has 8 heteroatoms. The van der Waals surface area contributed by atoms with Crippen molar-refractivity contribution in [1.82, 2.24) is 4.90 Å². The van der Waals surface area contributed by atoms with E-state index in [-0.39, 0.29) is 32.4 Å². The second-order valence-electron chi connectivity index (χ2n) is 6.20. The molecule has 2 amide bonds. The van der Waals surface area contributed by atoms with E-state index < -0.39 is 35.6 Å². The Bertz CT molecular complexity index is 675. The predicted molar refractivity (Wildman–Crippen MR) is 77.7 cm³/mol. The molecule has 0 saturated carbocycles. The number of halogens is 4. The monoisotopic (exact) mass is 344 g/mol. The van der Waals surface area contributed by atoms with Crippen LogP contribution in [0.4, 0.5) is 23.2 Å². The number of alkyl halides is 3. The van der Waals surface area contributed by atoms with Crippen LogP contribution in [0.1, 0.15) is 30.7 Å². The molecule has 1 aromatic carbocycles. The molecular formula is C16H16F4N2O2. The first-order valence-electron chi connectivity index (χ1n) is 7.70. The zero-order valence-electron chi connectivity index (χ0n) is 12.7. The number of nitrogens with zero attached hydrogens (tertiary/aromatic N) is 1. The summed E-state index contributed by atoms with van der Waals surface area (Å²) in [6, 6.07) is 3.79. The van der Waals surface area contributed by atoms with Crippen LogP contribution in [0.5, 0.6) is 0 Å². The van der Waals surface area contributed by atoms with Crippen molar-refractivity contribution in [2.24, 2.45) is 5.92 Å². The van der Waals surface area contributed by atoms with Gasteiger partial charge in [0.1, 0.15) is 5.82 Å². The molecule has 130 valence electrons. The van der Waals surface area contributed by atoms with Gasteiger partial charge in [-0.25, -0.2) is 4.39 Å². The number of rotatable bonds is 2. The summed E-state index contributed by atoms with van der Waals surface area (Å²) >= 11 is 0. The van der Waals surface area contributed by atoms with Gasteiger partial charge in [0.15, 0.2) is 0 Å². The van der Waals surface area contributed by atoms with E-state index in [1.54, 1.807) is 0 Å². The number of anilines is 1. The Labute approximate surface area is 135 Å². The summed E-state index contributed by atoms with van der Waals surface area (Å²) < 4.78 is 51.9. The van der Waals surface area contributed by atoms with E-state index in [9.17, 15) is 27.2 Å². The Hall–Kier alpha value is -2.12. The lowest BCUT2D eigenvalue weighted by Crippen LogP contribution is -2.45. The molecule has 1 aromatic rings. The number of amides is 2. The van der Waals surface area contributed by atoms with E-state index in [0.29, 0.717) is 11.3 Å². The minimum atomic E-state index is -4.33. The Kier molecular flexibility index (Phi) is 4.23. The molecule has 24 heavy (non-hydrogen) atoms. The van der Waals surface area contributed by atoms with Gasteiger partial charge in [-0.3, -0.25) is 9.59 Å². The maximum atomic E-state index is 13.4. The third kappa shape index (κ3) is 3.22. The Morgan fingerprint density at radius 2 is 2.08 bits per heavy atom. The fourth-order valence-corrected chi connectivity index (χ4v) is 3.27. The van der Waals surface area contributed by atoms with Crippen LogP contribution in [0.3, 0.4) is 0 Å². The van der Waals surface area contributed by atoms with Gasteiger partial charge in [0.2, 0.25) is 11.8 Å². The number of benzene rings is 1. The number of nitrogens with one attached hydrogen (secondary N) is 1. The first kappa shape index (κ1) is 16.7. The summed E-state index contributed by atoms with van der Waals surface area (Å²) in [6.07, 6.45) is -4.31. The first-order valence-corrected chi connectivity index (χ1v) is 7.70. The van der Waals surface area contributed by atoms with Crippen LogP contribution in [0.15, 0.2) is 18.2 Å². The Morgan fingerprint density at radius 1 is 1.33 bits per heavy atom. The van der Waals surface area contributed by atoms with E-state index in [2.05, 4.69) is 5.32 Å². The highest BCUT2D eigenvalue weighted by atomic mass is 19.4. The molecule has 1 N–H and O–H groups in total. The van der Waals surface area contributed by atoms with Crippen molar-refractivity contribution >= 4 is 17.5 Å². The molecule has 0 spiro atoms. The van der Waals surface area contributed by atoms with Crippen molar-refractivity contribution < 1.29 is 27.2 Å². The van der Waals surface area contributed by atoms with Gasteiger partial charge in [-0.15, -0.1) is 0 Å².